The van der Waals surface area contributed by atoms with Gasteiger partial charge in [-0.2, -0.15) is 0 Å². The van der Waals surface area contributed by atoms with Crippen LogP contribution in [0.5, 0.6) is 5.75 Å². The minimum atomic E-state index is -4.75. The largest absolute Gasteiger partial charge is 0.573 e. The number of carbonyl (C=O) groups is 1. The number of hydrogen-bond acceptors (Lipinski definition) is 5. The van der Waals surface area contributed by atoms with Crippen LogP contribution in [0.3, 0.4) is 0 Å². The fraction of sp³-hybridized carbons (Fsp3) is 0.353. The molecule has 0 saturated carbocycles. The molecule has 8 heteroatoms. The molecule has 2 aromatic rings. The summed E-state index contributed by atoms with van der Waals surface area (Å²) >= 11 is 0. The molecule has 0 amide bonds. The Labute approximate surface area is 142 Å². The summed E-state index contributed by atoms with van der Waals surface area (Å²) in [5.41, 5.74) is 0.713. The lowest BCUT2D eigenvalue weighted by Crippen LogP contribution is -2.21. The molecule has 25 heavy (non-hydrogen) atoms. The molecule has 0 fully saturated rings. The maximum atomic E-state index is 12.5. The molecule has 0 unspecified atom stereocenters. The zero-order valence-corrected chi connectivity index (χ0v) is 14.0. The van der Waals surface area contributed by atoms with Crippen molar-refractivity contribution in [2.45, 2.75) is 26.4 Å². The molecule has 0 aliphatic heterocycles. The Morgan fingerprint density at radius 2 is 1.92 bits per heavy atom. The van der Waals surface area contributed by atoms with E-state index in [1.165, 1.54) is 19.2 Å². The Bertz CT molecular complexity index is 740. The lowest BCUT2D eigenvalue weighted by molar-refractivity contribution is -0.275. The van der Waals surface area contributed by atoms with Gasteiger partial charge in [-0.05, 0) is 26.1 Å². The van der Waals surface area contributed by atoms with E-state index in [-0.39, 0.29) is 12.3 Å². The van der Waals surface area contributed by atoms with Gasteiger partial charge in [0, 0.05) is 12.1 Å². The topological polar surface area (TPSA) is 51.9 Å². The van der Waals surface area contributed by atoms with Crippen molar-refractivity contribution in [1.29, 1.82) is 0 Å². The summed E-state index contributed by atoms with van der Waals surface area (Å²) in [7, 11) is 3.00. The monoisotopic (exact) mass is 357 g/mol. The Balaban J connectivity index is 2.08. The number of para-hydroxylation sites is 1. The van der Waals surface area contributed by atoms with Crippen LogP contribution in [0.4, 0.5) is 13.2 Å². The number of ether oxygens (including phenoxy) is 2. The third kappa shape index (κ3) is 5.25. The van der Waals surface area contributed by atoms with Gasteiger partial charge in [-0.15, -0.1) is 13.2 Å². The fourth-order valence-electron chi connectivity index (χ4n) is 2.41. The van der Waals surface area contributed by atoms with Crippen molar-refractivity contribution < 1.29 is 31.9 Å². The van der Waals surface area contributed by atoms with Gasteiger partial charge in [0.1, 0.15) is 22.8 Å². The summed E-state index contributed by atoms with van der Waals surface area (Å²) in [4.78, 5) is 13.3. The van der Waals surface area contributed by atoms with E-state index >= 15 is 0 Å². The van der Waals surface area contributed by atoms with E-state index < -0.39 is 12.3 Å². The molecule has 0 saturated heterocycles. The zero-order chi connectivity index (χ0) is 18.6. The Morgan fingerprint density at radius 3 is 2.56 bits per heavy atom. The number of rotatable bonds is 6. The molecule has 0 aliphatic carbocycles. The average Bonchev–Trinajstić information content (AvgIpc) is 2.87. The highest BCUT2D eigenvalue weighted by molar-refractivity contribution is 5.90. The van der Waals surface area contributed by atoms with E-state index in [2.05, 4.69) is 9.47 Å². The summed E-state index contributed by atoms with van der Waals surface area (Å²) in [6.45, 7) is 2.15. The van der Waals surface area contributed by atoms with Crippen LogP contribution < -0.4 is 4.74 Å². The van der Waals surface area contributed by atoms with Crippen LogP contribution >= 0.6 is 0 Å². The molecule has 0 atom stereocenters. The highest BCUT2D eigenvalue weighted by atomic mass is 19.4. The number of esters is 1. The van der Waals surface area contributed by atoms with Crippen LogP contribution in [0.25, 0.3) is 0 Å². The van der Waals surface area contributed by atoms with Crippen LogP contribution in [-0.4, -0.2) is 31.4 Å². The number of furan rings is 1. The zero-order valence-electron chi connectivity index (χ0n) is 14.0. The number of benzene rings is 1. The number of nitrogens with zero attached hydrogens (tertiary/aromatic N) is 1. The number of hydrogen-bond donors (Lipinski definition) is 0. The second-order valence-corrected chi connectivity index (χ2v) is 5.50. The first-order chi connectivity index (χ1) is 11.7. The van der Waals surface area contributed by atoms with Gasteiger partial charge in [0.25, 0.3) is 0 Å². The van der Waals surface area contributed by atoms with Gasteiger partial charge >= 0.3 is 12.3 Å². The Hall–Kier alpha value is -2.48. The standard InChI is InChI=1S/C17H18F3NO4/c1-11-14(16(22)23-3)8-13(24-11)10-21(2)9-12-6-4-5-7-15(12)25-17(18,19)20/h4-8H,9-10H2,1-3H3. The van der Waals surface area contributed by atoms with Gasteiger partial charge in [0.05, 0.1) is 13.7 Å². The number of halogens is 3. The van der Waals surface area contributed by atoms with Crippen LogP contribution in [0, 0.1) is 6.92 Å². The molecule has 136 valence electrons. The minimum Gasteiger partial charge on any atom is -0.465 e. The van der Waals surface area contributed by atoms with Crippen LogP contribution in [0.15, 0.2) is 34.7 Å². The first-order valence-electron chi connectivity index (χ1n) is 7.39. The van der Waals surface area contributed by atoms with E-state index in [1.807, 2.05) is 0 Å². The maximum absolute atomic E-state index is 12.5. The second-order valence-electron chi connectivity index (χ2n) is 5.50. The number of alkyl halides is 3. The maximum Gasteiger partial charge on any atom is 0.573 e. The molecular weight excluding hydrogens is 339 g/mol. The van der Waals surface area contributed by atoms with Gasteiger partial charge < -0.3 is 13.9 Å². The summed E-state index contributed by atoms with van der Waals surface area (Å²) < 4.78 is 51.6. The minimum absolute atomic E-state index is 0.208. The van der Waals surface area contributed by atoms with Gasteiger partial charge in [0.15, 0.2) is 0 Å². The van der Waals surface area contributed by atoms with Gasteiger partial charge in [0.2, 0.25) is 0 Å². The third-order valence-corrected chi connectivity index (χ3v) is 3.44. The predicted molar refractivity (Wildman–Crippen MR) is 83.1 cm³/mol. The van der Waals surface area contributed by atoms with E-state index in [1.54, 1.807) is 37.1 Å². The van der Waals surface area contributed by atoms with Crippen LogP contribution in [-0.2, 0) is 17.8 Å². The highest BCUT2D eigenvalue weighted by Crippen LogP contribution is 2.27. The number of methoxy groups -OCH3 is 1. The number of aryl methyl sites for hydroxylation is 1. The first-order valence-corrected chi connectivity index (χ1v) is 7.39. The van der Waals surface area contributed by atoms with Gasteiger partial charge in [-0.1, -0.05) is 18.2 Å². The van der Waals surface area contributed by atoms with Crippen molar-refractivity contribution >= 4 is 5.97 Å². The Kier molecular flexibility index (Phi) is 5.73. The first kappa shape index (κ1) is 18.9. The highest BCUT2D eigenvalue weighted by Gasteiger charge is 2.32. The summed E-state index contributed by atoms with van der Waals surface area (Å²) in [5, 5.41) is 0. The van der Waals surface area contributed by atoms with E-state index in [0.29, 0.717) is 29.2 Å². The summed E-state index contributed by atoms with van der Waals surface area (Å²) in [6.07, 6.45) is -4.75. The van der Waals surface area contributed by atoms with E-state index in [0.717, 1.165) is 0 Å². The van der Waals surface area contributed by atoms with Crippen LogP contribution in [0.2, 0.25) is 0 Å². The second kappa shape index (κ2) is 7.60. The van der Waals surface area contributed by atoms with Crippen molar-refractivity contribution in [3.63, 3.8) is 0 Å². The molecule has 0 N–H and O–H groups in total. The molecule has 1 aromatic carbocycles. The molecule has 2 rings (SSSR count). The predicted octanol–water partition coefficient (Wildman–Crippen LogP) is 3.91. The molecule has 1 aromatic heterocycles. The van der Waals surface area contributed by atoms with E-state index in [9.17, 15) is 18.0 Å². The summed E-state index contributed by atoms with van der Waals surface area (Å²) in [5.74, 6) is 0.192. The fourth-order valence-corrected chi connectivity index (χ4v) is 2.41. The van der Waals surface area contributed by atoms with Crippen molar-refractivity contribution in [2.24, 2.45) is 0 Å². The SMILES string of the molecule is COC(=O)c1cc(CN(C)Cc2ccccc2OC(F)(F)F)oc1C. The molecule has 0 spiro atoms. The quantitative estimate of drug-likeness (QED) is 0.734. The molecule has 0 radical (unpaired) electrons. The normalized spacial score (nSPS) is 11.6. The van der Waals surface area contributed by atoms with Crippen molar-refractivity contribution in [3.05, 3.63) is 53.0 Å². The van der Waals surface area contributed by atoms with Crippen molar-refractivity contribution in [1.82, 2.24) is 4.90 Å². The third-order valence-electron chi connectivity index (χ3n) is 3.44. The average molecular weight is 357 g/mol. The van der Waals surface area contributed by atoms with Crippen LogP contribution in [0.1, 0.15) is 27.4 Å². The lowest BCUT2D eigenvalue weighted by atomic mass is 10.2. The van der Waals surface area contributed by atoms with E-state index in [4.69, 9.17) is 4.42 Å². The molecule has 1 heterocycles. The Morgan fingerprint density at radius 1 is 1.24 bits per heavy atom. The summed E-state index contributed by atoms with van der Waals surface area (Å²) in [6, 6.07) is 7.51. The molecule has 5 nitrogen and oxygen atoms in total. The van der Waals surface area contributed by atoms with Gasteiger partial charge in [-0.25, -0.2) is 4.79 Å². The van der Waals surface area contributed by atoms with Crippen molar-refractivity contribution in [2.75, 3.05) is 14.2 Å². The van der Waals surface area contributed by atoms with Crippen molar-refractivity contribution in [3.8, 4) is 5.75 Å². The van der Waals surface area contributed by atoms with Gasteiger partial charge in [-0.3, -0.25) is 4.90 Å². The number of carbonyl (C=O) groups excluding carboxylic acids is 1. The lowest BCUT2D eigenvalue weighted by Gasteiger charge is -2.18. The smallest absolute Gasteiger partial charge is 0.465 e. The molecule has 0 bridgehead atoms. The molecule has 0 aliphatic rings. The molecular formula is C17H18F3NO4.